The fraction of sp³-hybridized carbons (Fsp3) is 0.381. The van der Waals surface area contributed by atoms with Crippen LogP contribution in [0.3, 0.4) is 0 Å². The van der Waals surface area contributed by atoms with Crippen molar-refractivity contribution in [3.8, 4) is 11.5 Å². The van der Waals surface area contributed by atoms with Gasteiger partial charge in [0.05, 0.1) is 19.8 Å². The predicted octanol–water partition coefficient (Wildman–Crippen LogP) is 3.45. The van der Waals surface area contributed by atoms with Crippen molar-refractivity contribution >= 4 is 6.41 Å². The summed E-state index contributed by atoms with van der Waals surface area (Å²) in [6.07, 6.45) is 2.23. The minimum atomic E-state index is -0.0940. The van der Waals surface area contributed by atoms with Crippen molar-refractivity contribution in [1.82, 2.24) is 5.32 Å². The zero-order valence-electron chi connectivity index (χ0n) is 15.7. The van der Waals surface area contributed by atoms with E-state index < -0.39 is 0 Å². The molecule has 0 spiro atoms. The summed E-state index contributed by atoms with van der Waals surface area (Å²) in [4.78, 5) is 11.1. The summed E-state index contributed by atoms with van der Waals surface area (Å²) in [6.45, 7) is 3.26. The Balaban J connectivity index is 2.17. The minimum absolute atomic E-state index is 0.0940. The summed E-state index contributed by atoms with van der Waals surface area (Å²) >= 11 is 0. The van der Waals surface area contributed by atoms with Gasteiger partial charge in [0.2, 0.25) is 6.41 Å². The summed E-state index contributed by atoms with van der Waals surface area (Å²) in [5, 5.41) is 2.93. The van der Waals surface area contributed by atoms with E-state index in [9.17, 15) is 4.79 Å². The quantitative estimate of drug-likeness (QED) is 0.494. The Morgan fingerprint density at radius 3 is 2.58 bits per heavy atom. The summed E-state index contributed by atoms with van der Waals surface area (Å²) in [5.41, 5.74) is 3.32. The molecule has 1 N–H and O–H groups in total. The second-order valence-electron chi connectivity index (χ2n) is 6.08. The molecule has 2 aromatic rings. The maximum Gasteiger partial charge on any atom is 0.207 e. The lowest BCUT2D eigenvalue weighted by Gasteiger charge is -2.20. The lowest BCUT2D eigenvalue weighted by molar-refractivity contribution is -0.110. The van der Waals surface area contributed by atoms with Gasteiger partial charge >= 0.3 is 0 Å². The standard InChI is InChI=1S/C21H27NO4/c1-16-7-4-5-8-18(16)19(22-15-23)13-17-9-10-20(25-3)21(14-17)26-12-6-11-24-2/h4-5,7-10,14-15,19H,6,11-13H2,1-3H3,(H,22,23). The molecule has 0 bridgehead atoms. The average molecular weight is 357 g/mol. The van der Waals surface area contributed by atoms with E-state index in [0.29, 0.717) is 31.1 Å². The van der Waals surface area contributed by atoms with E-state index in [1.54, 1.807) is 14.2 Å². The normalized spacial score (nSPS) is 11.7. The molecule has 0 fully saturated rings. The third-order valence-corrected chi connectivity index (χ3v) is 4.25. The summed E-state index contributed by atoms with van der Waals surface area (Å²) in [5.74, 6) is 1.40. The maximum absolute atomic E-state index is 11.1. The Hall–Kier alpha value is -2.53. The van der Waals surface area contributed by atoms with E-state index in [-0.39, 0.29) is 6.04 Å². The molecule has 0 aliphatic heterocycles. The Kier molecular flexibility index (Phi) is 7.96. The van der Waals surface area contributed by atoms with Crippen molar-refractivity contribution in [3.63, 3.8) is 0 Å². The van der Waals surface area contributed by atoms with Crippen molar-refractivity contribution in [3.05, 3.63) is 59.2 Å². The molecule has 0 heterocycles. The second kappa shape index (κ2) is 10.5. The van der Waals surface area contributed by atoms with Crippen molar-refractivity contribution in [2.75, 3.05) is 27.4 Å². The van der Waals surface area contributed by atoms with Gasteiger partial charge in [-0.3, -0.25) is 4.79 Å². The number of carbonyl (C=O) groups is 1. The van der Waals surface area contributed by atoms with Crippen LogP contribution in [0.2, 0.25) is 0 Å². The summed E-state index contributed by atoms with van der Waals surface area (Å²) in [7, 11) is 3.30. The highest BCUT2D eigenvalue weighted by molar-refractivity contribution is 5.49. The number of aryl methyl sites for hydroxylation is 1. The van der Waals surface area contributed by atoms with E-state index in [1.807, 2.05) is 49.4 Å². The van der Waals surface area contributed by atoms with Gasteiger partial charge in [0.25, 0.3) is 0 Å². The molecule has 5 heteroatoms. The molecule has 1 atom stereocenters. The lowest BCUT2D eigenvalue weighted by Crippen LogP contribution is -2.22. The largest absolute Gasteiger partial charge is 0.493 e. The van der Waals surface area contributed by atoms with E-state index in [4.69, 9.17) is 14.2 Å². The number of nitrogens with one attached hydrogen (secondary N) is 1. The van der Waals surface area contributed by atoms with Crippen LogP contribution in [0.25, 0.3) is 0 Å². The Morgan fingerprint density at radius 2 is 1.88 bits per heavy atom. The molecular weight excluding hydrogens is 330 g/mol. The molecular formula is C21H27NO4. The number of rotatable bonds is 11. The van der Waals surface area contributed by atoms with E-state index >= 15 is 0 Å². The van der Waals surface area contributed by atoms with E-state index in [2.05, 4.69) is 5.32 Å². The van der Waals surface area contributed by atoms with Gasteiger partial charge in [0, 0.05) is 20.1 Å². The van der Waals surface area contributed by atoms with Gasteiger partial charge in [-0.2, -0.15) is 0 Å². The molecule has 0 saturated heterocycles. The van der Waals surface area contributed by atoms with Crippen molar-refractivity contribution in [2.45, 2.75) is 25.8 Å². The molecule has 2 aromatic carbocycles. The van der Waals surface area contributed by atoms with Crippen LogP contribution in [-0.2, 0) is 16.0 Å². The van der Waals surface area contributed by atoms with Crippen LogP contribution in [0.5, 0.6) is 11.5 Å². The molecule has 1 unspecified atom stereocenters. The molecule has 0 aliphatic carbocycles. The average Bonchev–Trinajstić information content (AvgIpc) is 2.65. The highest BCUT2D eigenvalue weighted by atomic mass is 16.5. The molecule has 0 radical (unpaired) electrons. The predicted molar refractivity (Wildman–Crippen MR) is 102 cm³/mol. The highest BCUT2D eigenvalue weighted by Gasteiger charge is 2.15. The van der Waals surface area contributed by atoms with E-state index in [1.165, 1.54) is 0 Å². The first kappa shape index (κ1) is 19.8. The van der Waals surface area contributed by atoms with Gasteiger partial charge in [-0.15, -0.1) is 0 Å². The molecule has 1 amide bonds. The van der Waals surface area contributed by atoms with Crippen molar-refractivity contribution in [2.24, 2.45) is 0 Å². The van der Waals surface area contributed by atoms with Crippen molar-refractivity contribution < 1.29 is 19.0 Å². The smallest absolute Gasteiger partial charge is 0.207 e. The fourth-order valence-corrected chi connectivity index (χ4v) is 2.90. The third kappa shape index (κ3) is 5.49. The first-order valence-electron chi connectivity index (χ1n) is 8.73. The second-order valence-corrected chi connectivity index (χ2v) is 6.08. The number of hydrogen-bond donors (Lipinski definition) is 1. The van der Waals surface area contributed by atoms with Crippen LogP contribution >= 0.6 is 0 Å². The fourth-order valence-electron chi connectivity index (χ4n) is 2.90. The Labute approximate surface area is 155 Å². The van der Waals surface area contributed by atoms with Crippen LogP contribution in [0.4, 0.5) is 0 Å². The van der Waals surface area contributed by atoms with Crippen LogP contribution < -0.4 is 14.8 Å². The van der Waals surface area contributed by atoms with Gasteiger partial charge in [-0.05, 0) is 42.2 Å². The maximum atomic E-state index is 11.1. The summed E-state index contributed by atoms with van der Waals surface area (Å²) < 4.78 is 16.3. The number of amides is 1. The first-order valence-corrected chi connectivity index (χ1v) is 8.73. The lowest BCUT2D eigenvalue weighted by atomic mass is 9.95. The number of ether oxygens (including phenoxy) is 3. The number of carbonyl (C=O) groups excluding carboxylic acids is 1. The zero-order valence-corrected chi connectivity index (χ0v) is 15.7. The number of methoxy groups -OCH3 is 2. The number of benzene rings is 2. The van der Waals surface area contributed by atoms with Crippen LogP contribution in [0.1, 0.15) is 29.2 Å². The van der Waals surface area contributed by atoms with Crippen molar-refractivity contribution in [1.29, 1.82) is 0 Å². The van der Waals surface area contributed by atoms with Gasteiger partial charge in [-0.1, -0.05) is 30.3 Å². The number of hydrogen-bond acceptors (Lipinski definition) is 4. The minimum Gasteiger partial charge on any atom is -0.493 e. The molecule has 0 aromatic heterocycles. The molecule has 5 nitrogen and oxygen atoms in total. The molecule has 0 aliphatic rings. The van der Waals surface area contributed by atoms with Crippen LogP contribution in [-0.4, -0.2) is 33.8 Å². The topological polar surface area (TPSA) is 56.8 Å². The molecule has 0 saturated carbocycles. The zero-order chi connectivity index (χ0) is 18.8. The molecule has 140 valence electrons. The van der Waals surface area contributed by atoms with Crippen LogP contribution in [0, 0.1) is 6.92 Å². The van der Waals surface area contributed by atoms with E-state index in [0.717, 1.165) is 29.5 Å². The summed E-state index contributed by atoms with van der Waals surface area (Å²) in [6, 6.07) is 13.9. The third-order valence-electron chi connectivity index (χ3n) is 4.25. The first-order chi connectivity index (χ1) is 12.7. The van der Waals surface area contributed by atoms with Gasteiger partial charge in [0.15, 0.2) is 11.5 Å². The Morgan fingerprint density at radius 1 is 1.08 bits per heavy atom. The molecule has 26 heavy (non-hydrogen) atoms. The monoisotopic (exact) mass is 357 g/mol. The van der Waals surface area contributed by atoms with Gasteiger partial charge < -0.3 is 19.5 Å². The van der Waals surface area contributed by atoms with Gasteiger partial charge in [0.1, 0.15) is 0 Å². The van der Waals surface area contributed by atoms with Gasteiger partial charge in [-0.25, -0.2) is 0 Å². The highest BCUT2D eigenvalue weighted by Crippen LogP contribution is 2.30. The molecule has 2 rings (SSSR count). The van der Waals surface area contributed by atoms with Crippen LogP contribution in [0.15, 0.2) is 42.5 Å². The Bertz CT molecular complexity index is 702. The SMILES string of the molecule is COCCCOc1cc(CC(NC=O)c2ccccc2C)ccc1OC.